The van der Waals surface area contributed by atoms with Gasteiger partial charge in [-0.1, -0.05) is 18.2 Å². The van der Waals surface area contributed by atoms with Gasteiger partial charge in [-0.15, -0.1) is 11.3 Å². The summed E-state index contributed by atoms with van der Waals surface area (Å²) < 4.78 is 29.1. The summed E-state index contributed by atoms with van der Waals surface area (Å²) in [6, 6.07) is 16.2. The number of fused-ring (bicyclic) bond motifs is 1. The van der Waals surface area contributed by atoms with E-state index in [1.807, 2.05) is 53.6 Å². The number of aromatic nitrogens is 3. The van der Waals surface area contributed by atoms with Crippen molar-refractivity contribution in [3.05, 3.63) is 93.5 Å². The van der Waals surface area contributed by atoms with E-state index < -0.39 is 11.2 Å². The maximum Gasteiger partial charge on any atom is 0.261 e. The zero-order valence-corrected chi connectivity index (χ0v) is 24.3. The van der Waals surface area contributed by atoms with Gasteiger partial charge in [-0.2, -0.15) is 4.98 Å². The highest BCUT2D eigenvalue weighted by atomic mass is 32.2. The fourth-order valence-corrected chi connectivity index (χ4v) is 6.85. The van der Waals surface area contributed by atoms with Crippen LogP contribution in [-0.4, -0.2) is 51.5 Å². The molecule has 1 unspecified atom stereocenters. The van der Waals surface area contributed by atoms with Crippen molar-refractivity contribution in [3.8, 4) is 10.4 Å². The average Bonchev–Trinajstić information content (AvgIpc) is 3.40. The molecule has 0 amide bonds. The molecule has 5 aromatic rings. The van der Waals surface area contributed by atoms with Crippen LogP contribution in [0.1, 0.15) is 11.1 Å². The maximum atomic E-state index is 15.1. The highest BCUT2D eigenvalue weighted by Crippen LogP contribution is 2.30. The number of hydrogen-bond acceptors (Lipinski definition) is 8. The van der Waals surface area contributed by atoms with Gasteiger partial charge in [-0.05, 0) is 65.4 Å². The van der Waals surface area contributed by atoms with Gasteiger partial charge in [-0.3, -0.25) is 9.36 Å². The lowest BCUT2D eigenvalue weighted by Crippen LogP contribution is -2.43. The van der Waals surface area contributed by atoms with Gasteiger partial charge in [0.25, 0.3) is 5.56 Å². The molecule has 0 aliphatic carbocycles. The molecule has 4 heterocycles. The zero-order valence-electron chi connectivity index (χ0n) is 22.7. The summed E-state index contributed by atoms with van der Waals surface area (Å²) in [5.74, 6) is -0.0814. The molecule has 41 heavy (non-hydrogen) atoms. The maximum absolute atomic E-state index is 15.1. The van der Waals surface area contributed by atoms with Crippen molar-refractivity contribution in [3.63, 3.8) is 0 Å². The largest absolute Gasteiger partial charge is 0.612 e. The topological polar surface area (TPSA) is 98.1 Å². The molecule has 210 valence electrons. The fraction of sp³-hybridized carbons (Fsp3) is 0.233. The fourth-order valence-electron chi connectivity index (χ4n) is 5.14. The van der Waals surface area contributed by atoms with Gasteiger partial charge in [0, 0.05) is 53.9 Å². The molecule has 0 spiro atoms. The van der Waals surface area contributed by atoms with Crippen LogP contribution >= 0.6 is 11.3 Å². The Bertz CT molecular complexity index is 1780. The van der Waals surface area contributed by atoms with Crippen LogP contribution in [0.15, 0.2) is 75.9 Å². The lowest BCUT2D eigenvalue weighted by molar-refractivity contribution is 0.566. The van der Waals surface area contributed by atoms with Crippen LogP contribution in [0.3, 0.4) is 0 Å². The van der Waals surface area contributed by atoms with Crippen LogP contribution in [0, 0.1) is 12.7 Å². The van der Waals surface area contributed by atoms with Gasteiger partial charge < -0.3 is 20.1 Å². The molecule has 3 aromatic heterocycles. The van der Waals surface area contributed by atoms with E-state index in [2.05, 4.69) is 15.6 Å². The molecule has 1 aliphatic rings. The van der Waals surface area contributed by atoms with E-state index in [0.717, 1.165) is 42.2 Å². The first kappa shape index (κ1) is 27.4. The van der Waals surface area contributed by atoms with Crippen molar-refractivity contribution in [2.24, 2.45) is 0 Å². The normalized spacial score (nSPS) is 14.4. The summed E-state index contributed by atoms with van der Waals surface area (Å²) in [5.41, 5.74) is 3.65. The van der Waals surface area contributed by atoms with Gasteiger partial charge in [0.2, 0.25) is 5.95 Å². The molecule has 0 bridgehead atoms. The summed E-state index contributed by atoms with van der Waals surface area (Å²) in [6.07, 6.45) is 3.30. The second kappa shape index (κ2) is 11.6. The summed E-state index contributed by atoms with van der Waals surface area (Å²) in [4.78, 5) is 26.8. The lowest BCUT2D eigenvalue weighted by atomic mass is 10.1. The Morgan fingerprint density at radius 1 is 1.15 bits per heavy atom. The minimum absolute atomic E-state index is 0.188. The second-order valence-electron chi connectivity index (χ2n) is 9.94. The molecule has 0 radical (unpaired) electrons. The van der Waals surface area contributed by atoms with Crippen molar-refractivity contribution in [1.29, 1.82) is 0 Å². The van der Waals surface area contributed by atoms with Crippen LogP contribution in [-0.2, 0) is 17.7 Å². The number of anilines is 3. The molecule has 0 saturated carbocycles. The van der Waals surface area contributed by atoms with Crippen LogP contribution in [0.4, 0.5) is 21.7 Å². The summed E-state index contributed by atoms with van der Waals surface area (Å²) in [6.45, 7) is 5.30. The van der Waals surface area contributed by atoms with Crippen molar-refractivity contribution >= 4 is 50.9 Å². The molecule has 6 rings (SSSR count). The third kappa shape index (κ3) is 5.58. The van der Waals surface area contributed by atoms with Crippen molar-refractivity contribution in [1.82, 2.24) is 19.9 Å². The third-order valence-electron chi connectivity index (χ3n) is 7.21. The predicted molar refractivity (Wildman–Crippen MR) is 164 cm³/mol. The Balaban J connectivity index is 1.42. The van der Waals surface area contributed by atoms with E-state index in [1.165, 1.54) is 17.4 Å². The first-order chi connectivity index (χ1) is 19.9. The van der Waals surface area contributed by atoms with E-state index in [-0.39, 0.29) is 23.9 Å². The molecule has 1 atom stereocenters. The molecule has 1 saturated heterocycles. The van der Waals surface area contributed by atoms with Gasteiger partial charge in [0.15, 0.2) is 4.90 Å². The summed E-state index contributed by atoms with van der Waals surface area (Å²) in [7, 11) is 0. The van der Waals surface area contributed by atoms with Gasteiger partial charge in [0.05, 0.1) is 17.8 Å². The highest BCUT2D eigenvalue weighted by Gasteiger charge is 2.20. The molecule has 1 aliphatic heterocycles. The van der Waals surface area contributed by atoms with Gasteiger partial charge >= 0.3 is 0 Å². The molecular weight excluding hydrogens is 560 g/mol. The standard InChI is InChI=1S/C30H29FN6O2S2/c1-19-9-14-40-27(19)23-15-21-17-33-30(34-22-7-8-25(24(31)16-22)36-12-10-32-11-13-36)35-28(21)37(29(23)38)18-20-5-3-4-6-26(20)41(2)39/h3-9,14-17,32H,10-13,18H2,1-2H3,(H,33,34,35). The van der Waals surface area contributed by atoms with Crippen molar-refractivity contribution in [2.45, 2.75) is 18.4 Å². The first-order valence-electron chi connectivity index (χ1n) is 13.3. The molecule has 2 N–H and O–H groups in total. The third-order valence-corrected chi connectivity index (χ3v) is 9.27. The lowest BCUT2D eigenvalue weighted by Gasteiger charge is -2.29. The van der Waals surface area contributed by atoms with E-state index in [1.54, 1.807) is 29.2 Å². The van der Waals surface area contributed by atoms with Crippen LogP contribution < -0.4 is 21.1 Å². The number of benzene rings is 2. The Hall–Kier alpha value is -3.77. The van der Waals surface area contributed by atoms with Crippen molar-refractivity contribution < 1.29 is 8.94 Å². The van der Waals surface area contributed by atoms with Gasteiger partial charge in [0.1, 0.15) is 17.7 Å². The minimum Gasteiger partial charge on any atom is -0.612 e. The smallest absolute Gasteiger partial charge is 0.261 e. The number of nitrogens with zero attached hydrogens (tertiary/aromatic N) is 4. The number of rotatable bonds is 7. The molecule has 2 aromatic carbocycles. The Kier molecular flexibility index (Phi) is 7.76. The van der Waals surface area contributed by atoms with Crippen LogP contribution in [0.25, 0.3) is 21.5 Å². The van der Waals surface area contributed by atoms with Crippen molar-refractivity contribution in [2.75, 3.05) is 42.7 Å². The van der Waals surface area contributed by atoms with Gasteiger partial charge in [-0.25, -0.2) is 9.37 Å². The molecular formula is C30H29FN6O2S2. The van der Waals surface area contributed by atoms with E-state index in [4.69, 9.17) is 4.98 Å². The average molecular weight is 589 g/mol. The Morgan fingerprint density at radius 3 is 2.68 bits per heavy atom. The number of thiophene rings is 1. The van der Waals surface area contributed by atoms with Crippen LogP contribution in [0.5, 0.6) is 0 Å². The SMILES string of the molecule is Cc1ccsc1-c1cc2cnc(Nc3ccc(N4CCNCC4)c(F)c3)nc2n(Cc2ccccc2[S+](C)[O-])c1=O. The highest BCUT2D eigenvalue weighted by molar-refractivity contribution is 7.90. The minimum atomic E-state index is -1.23. The Labute approximate surface area is 244 Å². The first-order valence-corrected chi connectivity index (χ1v) is 15.7. The van der Waals surface area contributed by atoms with E-state index in [9.17, 15) is 9.35 Å². The Morgan fingerprint density at radius 2 is 1.95 bits per heavy atom. The number of nitrogens with one attached hydrogen (secondary N) is 2. The second-order valence-corrected chi connectivity index (χ2v) is 12.2. The number of aryl methyl sites for hydroxylation is 1. The summed E-state index contributed by atoms with van der Waals surface area (Å²) >= 11 is 0.277. The number of piperazine rings is 1. The van der Waals surface area contributed by atoms with Crippen LogP contribution in [0.2, 0.25) is 0 Å². The quantitative estimate of drug-likeness (QED) is 0.261. The molecule has 1 fully saturated rings. The monoisotopic (exact) mass is 588 g/mol. The zero-order chi connectivity index (χ0) is 28.5. The number of hydrogen-bond donors (Lipinski definition) is 2. The predicted octanol–water partition coefficient (Wildman–Crippen LogP) is 4.91. The molecule has 8 nitrogen and oxygen atoms in total. The number of halogens is 1. The summed E-state index contributed by atoms with van der Waals surface area (Å²) in [5, 5.41) is 9.03. The number of pyridine rings is 1. The van der Waals surface area contributed by atoms with E-state index >= 15 is 4.39 Å². The molecule has 11 heteroatoms. The van der Waals surface area contributed by atoms with E-state index in [0.29, 0.717) is 32.9 Å².